The van der Waals surface area contributed by atoms with Crippen LogP contribution >= 0.6 is 8.85 Å². The first-order valence-electron chi connectivity index (χ1n) is 0.567. The van der Waals surface area contributed by atoms with Crippen LogP contribution in [-0.2, 0) is 19.5 Å². The summed E-state index contributed by atoms with van der Waals surface area (Å²) in [5, 5.41) is 0. The molecule has 0 aliphatic heterocycles. The number of halogens is 3. The van der Waals surface area contributed by atoms with Crippen LogP contribution in [0.3, 0.4) is 0 Å². The second-order valence-corrected chi connectivity index (χ2v) is 0.643. The molecule has 31 valence electrons. The van der Waals surface area contributed by atoms with E-state index in [9.17, 15) is 12.6 Å². The van der Waals surface area contributed by atoms with Gasteiger partial charge in [0.2, 0.25) is 0 Å². The smallest absolute Gasteiger partial charge is 0.0167 e. The molecule has 5 heavy (non-hydrogen) atoms. The molecule has 0 atom stereocenters. The molecule has 0 aromatic rings. The van der Waals surface area contributed by atoms with E-state index in [2.05, 4.69) is 0 Å². The Labute approximate surface area is 41.6 Å². The Hall–Kier alpha value is 0.843. The third-order valence-corrected chi connectivity index (χ3v) is 0. The molecule has 0 unspecified atom stereocenters. The minimum absolute atomic E-state index is 0. The molecule has 0 rings (SSSR count). The van der Waals surface area contributed by atoms with E-state index in [0.29, 0.717) is 0 Å². The molecule has 0 amide bonds. The minimum atomic E-state index is -4.38. The van der Waals surface area contributed by atoms with Gasteiger partial charge in [-0.1, -0.05) is 0 Å². The Morgan fingerprint density at radius 3 is 1.00 bits per heavy atom. The van der Waals surface area contributed by atoms with Crippen molar-refractivity contribution in [2.75, 3.05) is 0 Å². The fourth-order valence-corrected chi connectivity index (χ4v) is 0. The van der Waals surface area contributed by atoms with Gasteiger partial charge in [-0.05, 0) is 0 Å². The molecule has 0 aromatic carbocycles. The van der Waals surface area contributed by atoms with Gasteiger partial charge in [0.05, 0.1) is 0 Å². The number of rotatable bonds is 0. The van der Waals surface area contributed by atoms with Crippen molar-refractivity contribution in [2.24, 2.45) is 0 Å². The summed E-state index contributed by atoms with van der Waals surface area (Å²) in [6.07, 6.45) is 0. The first-order chi connectivity index (χ1) is 1.73. The van der Waals surface area contributed by atoms with Crippen LogP contribution in [0, 0.1) is 0 Å². The molecular weight excluding hydrogens is 189 g/mol. The van der Waals surface area contributed by atoms with E-state index in [1.165, 1.54) is 0 Å². The second kappa shape index (κ2) is 4.84. The van der Waals surface area contributed by atoms with Gasteiger partial charge in [-0.3, -0.25) is 0 Å². The van der Waals surface area contributed by atoms with Gasteiger partial charge in [-0.15, -0.1) is 0 Å². The van der Waals surface area contributed by atoms with Gasteiger partial charge in [0.1, 0.15) is 0 Å². The quantitative estimate of drug-likeness (QED) is 0.404. The van der Waals surface area contributed by atoms with E-state index >= 15 is 0 Å². The molecule has 0 aliphatic carbocycles. The van der Waals surface area contributed by atoms with Gasteiger partial charge >= 0.3 is 28.3 Å². The third kappa shape index (κ3) is 55.1. The largest absolute Gasteiger partial charge is 3.00 e. The zero-order chi connectivity index (χ0) is 3.58. The van der Waals surface area contributed by atoms with Crippen LogP contribution in [0.2, 0.25) is 0 Å². The van der Waals surface area contributed by atoms with Gasteiger partial charge in [0, 0.05) is 12.6 Å². The van der Waals surface area contributed by atoms with Crippen LogP contribution in [0.5, 0.6) is 0 Å². The average Bonchev–Trinajstić information content (AvgIpc) is 0.811. The predicted octanol–water partition coefficient (Wildman–Crippen LogP) is 1.85. The van der Waals surface area contributed by atoms with E-state index in [1.807, 2.05) is 0 Å². The fraction of sp³-hybridized carbons (Fsp3) is 0. The summed E-state index contributed by atoms with van der Waals surface area (Å²) >= 11 is 0. The Bertz CT molecular complexity index is 11.6. The standard InChI is InChI=1S/F3HP.Ru/c1-4(2)3;/h4H;/q+1;+3. The third-order valence-electron chi connectivity index (χ3n) is 0. The van der Waals surface area contributed by atoms with Gasteiger partial charge in [0.15, 0.2) is 0 Å². The summed E-state index contributed by atoms with van der Waals surface area (Å²) in [5.41, 5.74) is 0. The summed E-state index contributed by atoms with van der Waals surface area (Å²) in [4.78, 5) is 0. The van der Waals surface area contributed by atoms with Crippen LogP contribution in [0.4, 0.5) is 12.6 Å². The molecule has 0 nitrogen and oxygen atoms in total. The van der Waals surface area contributed by atoms with Crippen molar-refractivity contribution in [3.05, 3.63) is 0 Å². The number of hydrogen-bond donors (Lipinski definition) is 0. The first kappa shape index (κ1) is 9.28. The Balaban J connectivity index is 0. The summed E-state index contributed by atoms with van der Waals surface area (Å²) in [6, 6.07) is 0. The molecule has 5 heteroatoms. The molecular formula is HF3PRu+4. The van der Waals surface area contributed by atoms with E-state index in [-0.39, 0.29) is 19.5 Å². The Morgan fingerprint density at radius 1 is 1.00 bits per heavy atom. The average molecular weight is 190 g/mol. The van der Waals surface area contributed by atoms with Crippen molar-refractivity contribution < 1.29 is 32.1 Å². The SMILES string of the molecule is F[PH+](F)F.[Ru+3]. The van der Waals surface area contributed by atoms with Crippen LogP contribution in [0.25, 0.3) is 0 Å². The van der Waals surface area contributed by atoms with Crippen molar-refractivity contribution in [1.82, 2.24) is 0 Å². The summed E-state index contributed by atoms with van der Waals surface area (Å²) in [6.45, 7) is 0. The van der Waals surface area contributed by atoms with Crippen LogP contribution < -0.4 is 0 Å². The molecule has 0 heterocycles. The predicted molar refractivity (Wildman–Crippen MR) is 11.6 cm³/mol. The molecule has 0 spiro atoms. The monoisotopic (exact) mass is 191 g/mol. The van der Waals surface area contributed by atoms with Crippen LogP contribution in [0.1, 0.15) is 0 Å². The topological polar surface area (TPSA) is 0 Å². The molecule has 0 aliphatic rings. The molecule has 0 fully saturated rings. The summed E-state index contributed by atoms with van der Waals surface area (Å²) in [5.74, 6) is 0. The molecule has 1 radical (unpaired) electrons. The summed E-state index contributed by atoms with van der Waals surface area (Å²) < 4.78 is 29.3. The van der Waals surface area contributed by atoms with E-state index in [0.717, 1.165) is 0 Å². The maximum Gasteiger partial charge on any atom is 3.00 e. The minimum Gasteiger partial charge on any atom is 0.0167 e. The van der Waals surface area contributed by atoms with E-state index < -0.39 is 8.85 Å². The van der Waals surface area contributed by atoms with Crippen molar-refractivity contribution in [3.63, 3.8) is 0 Å². The van der Waals surface area contributed by atoms with Gasteiger partial charge in [-0.2, -0.15) is 0 Å². The van der Waals surface area contributed by atoms with Crippen LogP contribution in [0.15, 0.2) is 0 Å². The van der Waals surface area contributed by atoms with Crippen molar-refractivity contribution in [1.29, 1.82) is 0 Å². The van der Waals surface area contributed by atoms with Crippen molar-refractivity contribution in [2.45, 2.75) is 0 Å². The molecule has 0 saturated carbocycles. The maximum absolute atomic E-state index is 9.77. The van der Waals surface area contributed by atoms with Gasteiger partial charge in [-0.25, -0.2) is 0 Å². The van der Waals surface area contributed by atoms with Crippen molar-refractivity contribution >= 4 is 8.85 Å². The Morgan fingerprint density at radius 2 is 1.00 bits per heavy atom. The van der Waals surface area contributed by atoms with E-state index in [4.69, 9.17) is 0 Å². The molecule has 0 saturated heterocycles. The molecule has 0 bridgehead atoms. The van der Waals surface area contributed by atoms with Crippen LogP contribution in [-0.4, -0.2) is 0 Å². The van der Waals surface area contributed by atoms with Crippen molar-refractivity contribution in [3.8, 4) is 0 Å². The maximum atomic E-state index is 9.77. The first-order valence-corrected chi connectivity index (χ1v) is 1.70. The zero-order valence-corrected chi connectivity index (χ0v) is 4.73. The Kier molecular flexibility index (Phi) is 8.99. The molecule has 0 N–H and O–H groups in total. The number of hydrogen-bond acceptors (Lipinski definition) is 0. The van der Waals surface area contributed by atoms with Gasteiger partial charge in [0.25, 0.3) is 0 Å². The normalized spacial score (nSPS) is 7.20. The molecule has 0 aromatic heterocycles. The second-order valence-electron chi connectivity index (χ2n) is 0.214. The summed E-state index contributed by atoms with van der Waals surface area (Å²) in [7, 11) is -4.38. The fourth-order valence-electron chi connectivity index (χ4n) is 0. The van der Waals surface area contributed by atoms with Gasteiger partial charge < -0.3 is 0 Å². The zero-order valence-electron chi connectivity index (χ0n) is 1.99. The van der Waals surface area contributed by atoms with E-state index in [1.54, 1.807) is 0 Å².